The normalized spacial score (nSPS) is 12.2. The first kappa shape index (κ1) is 13.2. The van der Waals surface area contributed by atoms with Crippen LogP contribution in [0, 0.1) is 0 Å². The molecule has 0 fully saturated rings. The Labute approximate surface area is 121 Å². The van der Waals surface area contributed by atoms with Crippen LogP contribution in [0.5, 0.6) is 0 Å². The smallest absolute Gasteiger partial charge is 0.242 e. The van der Waals surface area contributed by atoms with Crippen LogP contribution in [0.4, 0.5) is 0 Å². The minimum atomic E-state index is -0.122. The minimum Gasteiger partial charge on any atom is -0.348 e. The lowest BCUT2D eigenvalue weighted by molar-refractivity contribution is -0.122. The van der Waals surface area contributed by atoms with E-state index in [2.05, 4.69) is 45.1 Å². The van der Waals surface area contributed by atoms with Gasteiger partial charge in [0.05, 0.1) is 6.04 Å². The number of benzene rings is 2. The molecule has 0 radical (unpaired) electrons. The highest BCUT2D eigenvalue weighted by molar-refractivity contribution is 5.83. The minimum absolute atomic E-state index is 0.0708. The van der Waals surface area contributed by atoms with E-state index < -0.39 is 0 Å². The highest BCUT2D eigenvalue weighted by atomic mass is 16.2. The molecule has 1 amide bonds. The maximum absolute atomic E-state index is 11.9. The molecule has 3 rings (SSSR count). The summed E-state index contributed by atoms with van der Waals surface area (Å²) in [6.07, 6.45) is 1.42. The lowest BCUT2D eigenvalue weighted by Gasteiger charge is -2.15. The third kappa shape index (κ3) is 3.05. The van der Waals surface area contributed by atoms with Crippen molar-refractivity contribution in [1.29, 1.82) is 0 Å². The van der Waals surface area contributed by atoms with Gasteiger partial charge < -0.3 is 5.32 Å². The van der Waals surface area contributed by atoms with Crippen molar-refractivity contribution in [2.75, 3.05) is 0 Å². The average Bonchev–Trinajstić information content (AvgIpc) is 2.99. The first-order valence-corrected chi connectivity index (χ1v) is 6.71. The van der Waals surface area contributed by atoms with Crippen LogP contribution in [0.2, 0.25) is 0 Å². The fourth-order valence-electron chi connectivity index (χ4n) is 2.25. The lowest BCUT2D eigenvalue weighted by Crippen LogP contribution is -2.30. The van der Waals surface area contributed by atoms with Crippen LogP contribution in [-0.2, 0) is 11.3 Å². The van der Waals surface area contributed by atoms with Crippen LogP contribution < -0.4 is 5.32 Å². The van der Waals surface area contributed by atoms with Crippen molar-refractivity contribution in [1.82, 2.24) is 25.5 Å². The zero-order valence-corrected chi connectivity index (χ0v) is 11.6. The van der Waals surface area contributed by atoms with Gasteiger partial charge in [0.25, 0.3) is 0 Å². The Morgan fingerprint density at radius 3 is 2.81 bits per heavy atom. The molecule has 21 heavy (non-hydrogen) atoms. The lowest BCUT2D eigenvalue weighted by atomic mass is 10.0. The highest BCUT2D eigenvalue weighted by Gasteiger charge is 2.11. The molecule has 1 aromatic heterocycles. The molecule has 1 unspecified atom stereocenters. The third-order valence-corrected chi connectivity index (χ3v) is 3.35. The number of amides is 1. The molecular formula is C15H15N5O. The molecule has 106 valence electrons. The molecule has 0 aliphatic heterocycles. The van der Waals surface area contributed by atoms with Gasteiger partial charge in [0.2, 0.25) is 5.91 Å². The maximum atomic E-state index is 11.9. The van der Waals surface area contributed by atoms with Crippen molar-refractivity contribution in [3.8, 4) is 0 Å². The zero-order valence-electron chi connectivity index (χ0n) is 11.6. The summed E-state index contributed by atoms with van der Waals surface area (Å²) in [5.41, 5.74) is 1.07. The quantitative estimate of drug-likeness (QED) is 0.790. The molecule has 0 spiro atoms. The van der Waals surface area contributed by atoms with E-state index in [9.17, 15) is 4.79 Å². The summed E-state index contributed by atoms with van der Waals surface area (Å²) in [4.78, 5) is 11.9. The predicted molar refractivity (Wildman–Crippen MR) is 78.3 cm³/mol. The molecule has 3 aromatic rings. The van der Waals surface area contributed by atoms with Gasteiger partial charge in [-0.2, -0.15) is 0 Å². The number of rotatable bonds is 4. The molecule has 6 nitrogen and oxygen atoms in total. The van der Waals surface area contributed by atoms with Crippen molar-refractivity contribution in [2.24, 2.45) is 0 Å². The van der Waals surface area contributed by atoms with Crippen LogP contribution >= 0.6 is 0 Å². The van der Waals surface area contributed by atoms with Crippen molar-refractivity contribution >= 4 is 16.7 Å². The summed E-state index contributed by atoms with van der Waals surface area (Å²) in [6, 6.07) is 14.3. The second kappa shape index (κ2) is 5.70. The number of hydrogen-bond donors (Lipinski definition) is 1. The van der Waals surface area contributed by atoms with Crippen molar-refractivity contribution in [3.05, 3.63) is 54.4 Å². The van der Waals surface area contributed by atoms with Crippen LogP contribution in [0.3, 0.4) is 0 Å². The van der Waals surface area contributed by atoms with Crippen LogP contribution in [0.1, 0.15) is 18.5 Å². The summed E-state index contributed by atoms with van der Waals surface area (Å²) in [5, 5.41) is 16.0. The van der Waals surface area contributed by atoms with Crippen LogP contribution in [-0.4, -0.2) is 26.1 Å². The van der Waals surface area contributed by atoms with Gasteiger partial charge in [0.15, 0.2) is 0 Å². The van der Waals surface area contributed by atoms with E-state index in [0.29, 0.717) is 0 Å². The summed E-state index contributed by atoms with van der Waals surface area (Å²) >= 11 is 0. The number of carbonyl (C=O) groups excluding carboxylic acids is 1. The molecule has 0 aliphatic rings. The van der Waals surface area contributed by atoms with Gasteiger partial charge in [-0.15, -0.1) is 5.10 Å². The fraction of sp³-hybridized carbons (Fsp3) is 0.200. The van der Waals surface area contributed by atoms with E-state index >= 15 is 0 Å². The molecule has 1 heterocycles. The Bertz CT molecular complexity index is 754. The first-order valence-electron chi connectivity index (χ1n) is 6.71. The Morgan fingerprint density at radius 1 is 1.24 bits per heavy atom. The molecule has 0 aliphatic carbocycles. The van der Waals surface area contributed by atoms with E-state index in [-0.39, 0.29) is 18.5 Å². The van der Waals surface area contributed by atoms with Gasteiger partial charge in [-0.1, -0.05) is 36.4 Å². The monoisotopic (exact) mass is 281 g/mol. The molecule has 6 heteroatoms. The second-order valence-corrected chi connectivity index (χ2v) is 4.90. The topological polar surface area (TPSA) is 72.7 Å². The summed E-state index contributed by atoms with van der Waals surface area (Å²) < 4.78 is 1.39. The third-order valence-electron chi connectivity index (χ3n) is 3.35. The van der Waals surface area contributed by atoms with E-state index in [4.69, 9.17) is 0 Å². The maximum Gasteiger partial charge on any atom is 0.242 e. The highest BCUT2D eigenvalue weighted by Crippen LogP contribution is 2.20. The van der Waals surface area contributed by atoms with Crippen LogP contribution in [0.25, 0.3) is 10.8 Å². The number of fused-ring (bicyclic) bond motifs is 1. The molecule has 1 atom stereocenters. The average molecular weight is 281 g/mol. The van der Waals surface area contributed by atoms with Crippen molar-refractivity contribution < 1.29 is 4.79 Å². The van der Waals surface area contributed by atoms with Gasteiger partial charge in [0.1, 0.15) is 12.9 Å². The largest absolute Gasteiger partial charge is 0.348 e. The van der Waals surface area contributed by atoms with Crippen LogP contribution in [0.15, 0.2) is 48.8 Å². The Balaban J connectivity index is 1.71. The summed E-state index contributed by atoms with van der Waals surface area (Å²) in [7, 11) is 0. The molecule has 1 N–H and O–H groups in total. The van der Waals surface area contributed by atoms with Gasteiger partial charge in [0, 0.05) is 0 Å². The van der Waals surface area contributed by atoms with Crippen molar-refractivity contribution in [3.63, 3.8) is 0 Å². The Morgan fingerprint density at radius 2 is 2.05 bits per heavy atom. The number of carbonyl (C=O) groups is 1. The first-order chi connectivity index (χ1) is 10.2. The standard InChI is InChI=1S/C15H15N5O/c1-11(17-15(21)9-20-10-16-18-19-20)13-7-6-12-4-2-3-5-14(12)8-13/h2-8,10-11H,9H2,1H3,(H,17,21). The van der Waals surface area contributed by atoms with E-state index in [1.54, 1.807) is 0 Å². The van der Waals surface area contributed by atoms with Gasteiger partial charge in [-0.25, -0.2) is 4.68 Å². The number of nitrogens with one attached hydrogen (secondary N) is 1. The summed E-state index contributed by atoms with van der Waals surface area (Å²) in [5.74, 6) is -0.122. The molecule has 2 aromatic carbocycles. The number of tetrazole rings is 1. The second-order valence-electron chi connectivity index (χ2n) is 4.90. The Hall–Kier alpha value is -2.76. The molecule has 0 saturated carbocycles. The SMILES string of the molecule is CC(NC(=O)Cn1cnnn1)c1ccc2ccccc2c1. The van der Waals surface area contributed by atoms with Crippen molar-refractivity contribution in [2.45, 2.75) is 19.5 Å². The Kier molecular flexibility index (Phi) is 3.59. The number of hydrogen-bond acceptors (Lipinski definition) is 4. The summed E-state index contributed by atoms with van der Waals surface area (Å²) in [6.45, 7) is 2.08. The molecule has 0 bridgehead atoms. The zero-order chi connectivity index (χ0) is 14.7. The fourth-order valence-corrected chi connectivity index (χ4v) is 2.25. The van der Waals surface area contributed by atoms with Gasteiger partial charge in [-0.05, 0) is 39.8 Å². The predicted octanol–water partition coefficient (Wildman–Crippen LogP) is 1.70. The number of nitrogens with zero attached hydrogens (tertiary/aromatic N) is 4. The van der Waals surface area contributed by atoms with E-state index in [0.717, 1.165) is 10.9 Å². The van der Waals surface area contributed by atoms with E-state index in [1.165, 1.54) is 16.4 Å². The molecular weight excluding hydrogens is 266 g/mol. The number of aromatic nitrogens is 4. The van der Waals surface area contributed by atoms with E-state index in [1.807, 2.05) is 25.1 Å². The van der Waals surface area contributed by atoms with Gasteiger partial charge >= 0.3 is 0 Å². The van der Waals surface area contributed by atoms with Gasteiger partial charge in [-0.3, -0.25) is 4.79 Å². The molecule has 0 saturated heterocycles.